The van der Waals surface area contributed by atoms with Crippen LogP contribution >= 0.6 is 0 Å². The molecule has 2 atom stereocenters. The van der Waals surface area contributed by atoms with Crippen molar-refractivity contribution in [1.82, 2.24) is 10.3 Å². The summed E-state index contributed by atoms with van der Waals surface area (Å²) in [5.74, 6) is 0.854. The van der Waals surface area contributed by atoms with Gasteiger partial charge in [0.15, 0.2) is 0 Å². The fourth-order valence-electron chi connectivity index (χ4n) is 2.50. The number of ether oxygens (including phenoxy) is 1. The van der Waals surface area contributed by atoms with Crippen LogP contribution in [0.4, 0.5) is 0 Å². The van der Waals surface area contributed by atoms with Crippen molar-refractivity contribution in [3.8, 4) is 0 Å². The molecule has 1 aromatic heterocycles. The van der Waals surface area contributed by atoms with Crippen LogP contribution in [0.2, 0.25) is 0 Å². The number of hydrogen-bond acceptors (Lipinski definition) is 3. The number of aromatic nitrogens is 1. The van der Waals surface area contributed by atoms with Crippen molar-refractivity contribution in [2.24, 2.45) is 5.92 Å². The molecule has 18 heavy (non-hydrogen) atoms. The van der Waals surface area contributed by atoms with Gasteiger partial charge in [0, 0.05) is 12.8 Å². The van der Waals surface area contributed by atoms with Crippen molar-refractivity contribution >= 4 is 0 Å². The maximum Gasteiger partial charge on any atom is 0.0966 e. The van der Waals surface area contributed by atoms with Gasteiger partial charge in [0.1, 0.15) is 0 Å². The molecular weight excluding hydrogens is 224 g/mol. The van der Waals surface area contributed by atoms with Gasteiger partial charge in [-0.3, -0.25) is 4.98 Å². The predicted molar refractivity (Wildman–Crippen MR) is 73.4 cm³/mol. The first-order valence-electron chi connectivity index (χ1n) is 7.09. The molecule has 1 aromatic rings. The second-order valence-corrected chi connectivity index (χ2v) is 5.12. The molecule has 1 saturated heterocycles. The summed E-state index contributed by atoms with van der Waals surface area (Å²) in [6, 6.07) is 5.97. The van der Waals surface area contributed by atoms with Crippen LogP contribution < -0.4 is 5.32 Å². The SMILES string of the molecule is C[C@H](OCCC[C@H]1CCCNC1)c1ccccn1. The molecule has 1 N–H and O–H groups in total. The number of pyridine rings is 1. The molecule has 100 valence electrons. The smallest absolute Gasteiger partial charge is 0.0966 e. The molecule has 0 aromatic carbocycles. The predicted octanol–water partition coefficient (Wildman–Crippen LogP) is 2.94. The minimum Gasteiger partial charge on any atom is -0.372 e. The first kappa shape index (κ1) is 13.5. The van der Waals surface area contributed by atoms with Crippen LogP contribution in [0.15, 0.2) is 24.4 Å². The van der Waals surface area contributed by atoms with Gasteiger partial charge in [-0.1, -0.05) is 6.07 Å². The number of nitrogens with one attached hydrogen (secondary N) is 1. The quantitative estimate of drug-likeness (QED) is 0.786. The molecule has 3 heteroatoms. The highest BCUT2D eigenvalue weighted by Crippen LogP contribution is 2.18. The molecule has 0 spiro atoms. The number of hydrogen-bond donors (Lipinski definition) is 1. The summed E-state index contributed by atoms with van der Waals surface area (Å²) in [4.78, 5) is 4.31. The maximum absolute atomic E-state index is 5.84. The molecule has 0 saturated carbocycles. The number of piperidine rings is 1. The molecule has 2 rings (SSSR count). The van der Waals surface area contributed by atoms with Gasteiger partial charge in [0.25, 0.3) is 0 Å². The topological polar surface area (TPSA) is 34.1 Å². The van der Waals surface area contributed by atoms with Crippen LogP contribution in [-0.2, 0) is 4.74 Å². The van der Waals surface area contributed by atoms with Crippen LogP contribution in [0.5, 0.6) is 0 Å². The molecule has 0 bridgehead atoms. The summed E-state index contributed by atoms with van der Waals surface area (Å²) >= 11 is 0. The minimum atomic E-state index is 0.107. The Morgan fingerprint density at radius 1 is 1.50 bits per heavy atom. The van der Waals surface area contributed by atoms with Gasteiger partial charge in [-0.15, -0.1) is 0 Å². The van der Waals surface area contributed by atoms with Crippen molar-refractivity contribution in [1.29, 1.82) is 0 Å². The molecule has 1 aliphatic rings. The van der Waals surface area contributed by atoms with Crippen LogP contribution in [0.3, 0.4) is 0 Å². The van der Waals surface area contributed by atoms with Crippen molar-refractivity contribution in [2.75, 3.05) is 19.7 Å². The van der Waals surface area contributed by atoms with Crippen LogP contribution in [0, 0.1) is 5.92 Å². The fourth-order valence-corrected chi connectivity index (χ4v) is 2.50. The van der Waals surface area contributed by atoms with Crippen LogP contribution in [0.1, 0.15) is 44.4 Å². The van der Waals surface area contributed by atoms with E-state index in [4.69, 9.17) is 4.74 Å². The summed E-state index contributed by atoms with van der Waals surface area (Å²) in [5, 5.41) is 3.46. The summed E-state index contributed by atoms with van der Waals surface area (Å²) in [7, 11) is 0. The van der Waals surface area contributed by atoms with Gasteiger partial charge in [-0.2, -0.15) is 0 Å². The van der Waals surface area contributed by atoms with Gasteiger partial charge < -0.3 is 10.1 Å². The average molecular weight is 248 g/mol. The van der Waals surface area contributed by atoms with E-state index in [-0.39, 0.29) is 6.10 Å². The molecule has 1 aliphatic heterocycles. The Morgan fingerprint density at radius 2 is 2.44 bits per heavy atom. The normalized spacial score (nSPS) is 21.7. The standard InChI is InChI=1S/C15H24N2O/c1-13(15-8-2-3-10-17-15)18-11-5-7-14-6-4-9-16-12-14/h2-3,8,10,13-14,16H,4-7,9,11-12H2,1H3/t13-,14+/m0/s1. The Kier molecular flexibility index (Phi) is 5.62. The zero-order valence-electron chi connectivity index (χ0n) is 11.3. The van der Waals surface area contributed by atoms with Crippen molar-refractivity contribution in [2.45, 2.75) is 38.7 Å². The molecule has 3 nitrogen and oxygen atoms in total. The number of nitrogens with zero attached hydrogens (tertiary/aromatic N) is 1. The third-order valence-electron chi connectivity index (χ3n) is 3.63. The van der Waals surface area contributed by atoms with E-state index < -0.39 is 0 Å². The van der Waals surface area contributed by atoms with Gasteiger partial charge in [0.2, 0.25) is 0 Å². The van der Waals surface area contributed by atoms with E-state index in [1.54, 1.807) is 0 Å². The summed E-state index contributed by atoms with van der Waals surface area (Å²) < 4.78 is 5.84. The summed E-state index contributed by atoms with van der Waals surface area (Å²) in [5.41, 5.74) is 1.02. The summed E-state index contributed by atoms with van der Waals surface area (Å²) in [6.07, 6.45) is 7.07. The highest BCUT2D eigenvalue weighted by molar-refractivity contribution is 5.05. The van der Waals surface area contributed by atoms with E-state index in [9.17, 15) is 0 Å². The lowest BCUT2D eigenvalue weighted by Crippen LogP contribution is -2.29. The fraction of sp³-hybridized carbons (Fsp3) is 0.667. The minimum absolute atomic E-state index is 0.107. The van der Waals surface area contributed by atoms with Gasteiger partial charge >= 0.3 is 0 Å². The second-order valence-electron chi connectivity index (χ2n) is 5.12. The Bertz CT molecular complexity index is 323. The van der Waals surface area contributed by atoms with E-state index in [1.807, 2.05) is 24.4 Å². The molecule has 0 unspecified atom stereocenters. The first-order chi connectivity index (χ1) is 8.86. The van der Waals surface area contributed by atoms with Gasteiger partial charge in [-0.05, 0) is 63.7 Å². The third-order valence-corrected chi connectivity index (χ3v) is 3.63. The zero-order chi connectivity index (χ0) is 12.6. The highest BCUT2D eigenvalue weighted by atomic mass is 16.5. The van der Waals surface area contributed by atoms with Crippen molar-refractivity contribution in [3.05, 3.63) is 30.1 Å². The Hall–Kier alpha value is -0.930. The van der Waals surface area contributed by atoms with Gasteiger partial charge in [-0.25, -0.2) is 0 Å². The largest absolute Gasteiger partial charge is 0.372 e. The van der Waals surface area contributed by atoms with E-state index in [1.165, 1.54) is 32.4 Å². The molecular formula is C15H24N2O. The van der Waals surface area contributed by atoms with Gasteiger partial charge in [0.05, 0.1) is 11.8 Å². The van der Waals surface area contributed by atoms with E-state index >= 15 is 0 Å². The lowest BCUT2D eigenvalue weighted by Gasteiger charge is -2.22. The van der Waals surface area contributed by atoms with E-state index in [0.29, 0.717) is 0 Å². The molecule has 0 aliphatic carbocycles. The average Bonchev–Trinajstić information content (AvgIpc) is 2.45. The Balaban J connectivity index is 1.60. The van der Waals surface area contributed by atoms with Crippen molar-refractivity contribution < 1.29 is 4.74 Å². The molecule has 2 heterocycles. The Morgan fingerprint density at radius 3 is 3.17 bits per heavy atom. The van der Waals surface area contributed by atoms with Crippen LogP contribution in [-0.4, -0.2) is 24.7 Å². The molecule has 0 amide bonds. The van der Waals surface area contributed by atoms with E-state index in [2.05, 4.69) is 17.2 Å². The number of rotatable bonds is 6. The third kappa shape index (κ3) is 4.39. The maximum atomic E-state index is 5.84. The highest BCUT2D eigenvalue weighted by Gasteiger charge is 2.12. The van der Waals surface area contributed by atoms with E-state index in [0.717, 1.165) is 24.6 Å². The summed E-state index contributed by atoms with van der Waals surface area (Å²) in [6.45, 7) is 5.30. The second kappa shape index (κ2) is 7.49. The first-order valence-corrected chi connectivity index (χ1v) is 7.09. The molecule has 0 radical (unpaired) electrons. The lowest BCUT2D eigenvalue weighted by atomic mass is 9.95. The van der Waals surface area contributed by atoms with Crippen molar-refractivity contribution in [3.63, 3.8) is 0 Å². The lowest BCUT2D eigenvalue weighted by molar-refractivity contribution is 0.0575. The monoisotopic (exact) mass is 248 g/mol. The Labute approximate surface area is 110 Å². The zero-order valence-corrected chi connectivity index (χ0v) is 11.3. The molecule has 1 fully saturated rings. The van der Waals surface area contributed by atoms with Crippen LogP contribution in [0.25, 0.3) is 0 Å².